The van der Waals surface area contributed by atoms with Gasteiger partial charge in [-0.3, -0.25) is 4.55 Å². The largest absolute Gasteiger partial charge is 0.501 e. The van der Waals surface area contributed by atoms with Crippen molar-refractivity contribution in [2.24, 2.45) is 5.73 Å². The van der Waals surface area contributed by atoms with Crippen molar-refractivity contribution in [3.8, 4) is 0 Å². The summed E-state index contributed by atoms with van der Waals surface area (Å²) < 4.78 is 35.2. The van der Waals surface area contributed by atoms with Crippen molar-refractivity contribution in [2.45, 2.75) is 12.8 Å². The molecule has 0 spiro atoms. The normalized spacial score (nSPS) is 18.5. The monoisotopic (exact) mass is 205 g/mol. The highest BCUT2D eigenvalue weighted by Crippen LogP contribution is 2.24. The molecule has 74 valence electrons. The lowest BCUT2D eigenvalue weighted by atomic mass is 10.1. The van der Waals surface area contributed by atoms with Crippen molar-refractivity contribution in [3.05, 3.63) is 22.4 Å². The standard InChI is InChI=1S/C7H11NO4S/c1-12-5-2-3-6(8)7(4-5)13(9,10)11/h4H,2-3,8H2,1H3,(H,9,10,11). The highest BCUT2D eigenvalue weighted by atomic mass is 32.2. The summed E-state index contributed by atoms with van der Waals surface area (Å²) in [6, 6.07) is 0. The van der Waals surface area contributed by atoms with Crippen LogP contribution >= 0.6 is 0 Å². The molecular formula is C7H11NO4S. The molecule has 0 heterocycles. The number of nitrogens with two attached hydrogens (primary N) is 1. The Morgan fingerprint density at radius 3 is 2.62 bits per heavy atom. The number of hydrogen-bond donors (Lipinski definition) is 2. The fourth-order valence-corrected chi connectivity index (χ4v) is 1.81. The fourth-order valence-electron chi connectivity index (χ4n) is 1.09. The SMILES string of the molecule is COC1=CC(S(=O)(=O)O)=C(N)CC1. The van der Waals surface area contributed by atoms with E-state index < -0.39 is 10.1 Å². The van der Waals surface area contributed by atoms with E-state index in [1.165, 1.54) is 13.2 Å². The van der Waals surface area contributed by atoms with Crippen molar-refractivity contribution in [3.63, 3.8) is 0 Å². The van der Waals surface area contributed by atoms with E-state index in [-0.39, 0.29) is 10.6 Å². The maximum atomic E-state index is 10.8. The molecule has 6 heteroatoms. The Labute approximate surface area is 76.6 Å². The van der Waals surface area contributed by atoms with E-state index in [0.29, 0.717) is 18.6 Å². The van der Waals surface area contributed by atoms with Gasteiger partial charge in [0.1, 0.15) is 4.91 Å². The van der Waals surface area contributed by atoms with Gasteiger partial charge in [-0.2, -0.15) is 8.42 Å². The Morgan fingerprint density at radius 1 is 1.54 bits per heavy atom. The van der Waals surface area contributed by atoms with Crippen LogP contribution in [-0.4, -0.2) is 20.1 Å². The van der Waals surface area contributed by atoms with Crippen molar-refractivity contribution in [1.82, 2.24) is 0 Å². The van der Waals surface area contributed by atoms with E-state index in [1.54, 1.807) is 0 Å². The van der Waals surface area contributed by atoms with Crippen LogP contribution in [0.4, 0.5) is 0 Å². The lowest BCUT2D eigenvalue weighted by Gasteiger charge is -2.14. The smallest absolute Gasteiger partial charge is 0.296 e. The molecule has 1 aliphatic carbocycles. The number of allylic oxidation sites excluding steroid dienone is 3. The van der Waals surface area contributed by atoms with E-state index in [1.807, 2.05) is 0 Å². The third kappa shape index (κ3) is 2.22. The van der Waals surface area contributed by atoms with Crippen LogP contribution in [0.2, 0.25) is 0 Å². The first-order chi connectivity index (χ1) is 5.95. The summed E-state index contributed by atoms with van der Waals surface area (Å²) in [5.74, 6) is 0.502. The zero-order valence-electron chi connectivity index (χ0n) is 7.15. The van der Waals surface area contributed by atoms with Crippen LogP contribution in [-0.2, 0) is 14.9 Å². The van der Waals surface area contributed by atoms with Gasteiger partial charge in [-0.05, 0) is 12.5 Å². The summed E-state index contributed by atoms with van der Waals surface area (Å²) >= 11 is 0. The Hall–Kier alpha value is -1.01. The zero-order chi connectivity index (χ0) is 10.1. The van der Waals surface area contributed by atoms with Crippen LogP contribution in [0.15, 0.2) is 22.4 Å². The highest BCUT2D eigenvalue weighted by Gasteiger charge is 2.20. The van der Waals surface area contributed by atoms with Gasteiger partial charge in [-0.25, -0.2) is 0 Å². The van der Waals surface area contributed by atoms with Crippen LogP contribution in [0.3, 0.4) is 0 Å². The summed E-state index contributed by atoms with van der Waals surface area (Å²) in [5, 5.41) is 0. The molecular weight excluding hydrogens is 194 g/mol. The Balaban J connectivity index is 3.14. The minimum atomic E-state index is -4.22. The minimum Gasteiger partial charge on any atom is -0.501 e. The molecule has 0 radical (unpaired) electrons. The number of methoxy groups -OCH3 is 1. The van der Waals surface area contributed by atoms with Crippen LogP contribution in [0.5, 0.6) is 0 Å². The maximum absolute atomic E-state index is 10.8. The van der Waals surface area contributed by atoms with Gasteiger partial charge < -0.3 is 10.5 Å². The van der Waals surface area contributed by atoms with Crippen LogP contribution < -0.4 is 5.73 Å². The average molecular weight is 205 g/mol. The topological polar surface area (TPSA) is 89.6 Å². The van der Waals surface area contributed by atoms with Crippen LogP contribution in [0.25, 0.3) is 0 Å². The third-order valence-corrected chi connectivity index (χ3v) is 2.73. The zero-order valence-corrected chi connectivity index (χ0v) is 7.97. The molecule has 0 amide bonds. The predicted molar refractivity (Wildman–Crippen MR) is 47.1 cm³/mol. The van der Waals surface area contributed by atoms with Gasteiger partial charge in [-0.1, -0.05) is 0 Å². The molecule has 0 aromatic rings. The maximum Gasteiger partial charge on any atom is 0.296 e. The van der Waals surface area contributed by atoms with Crippen molar-refractivity contribution < 1.29 is 17.7 Å². The second-order valence-electron chi connectivity index (χ2n) is 2.68. The predicted octanol–water partition coefficient (Wildman–Crippen LogP) is 0.369. The fraction of sp³-hybridized carbons (Fsp3) is 0.429. The molecule has 0 aliphatic heterocycles. The molecule has 13 heavy (non-hydrogen) atoms. The molecule has 0 saturated heterocycles. The summed E-state index contributed by atoms with van der Waals surface area (Å²) in [5.41, 5.74) is 5.59. The van der Waals surface area contributed by atoms with E-state index in [0.717, 1.165) is 0 Å². The Morgan fingerprint density at radius 2 is 2.15 bits per heavy atom. The third-order valence-electron chi connectivity index (χ3n) is 1.79. The summed E-state index contributed by atoms with van der Waals surface area (Å²) in [6.07, 6.45) is 2.18. The van der Waals surface area contributed by atoms with Gasteiger partial charge in [0.05, 0.1) is 12.9 Å². The molecule has 3 N–H and O–H groups in total. The first-order valence-electron chi connectivity index (χ1n) is 3.66. The molecule has 0 atom stereocenters. The Bertz CT molecular complexity index is 366. The summed E-state index contributed by atoms with van der Waals surface area (Å²) in [7, 11) is -2.78. The summed E-state index contributed by atoms with van der Waals surface area (Å²) in [4.78, 5) is -0.254. The Kier molecular flexibility index (Phi) is 2.63. The van der Waals surface area contributed by atoms with Gasteiger partial charge in [-0.15, -0.1) is 0 Å². The molecule has 0 unspecified atom stereocenters. The minimum absolute atomic E-state index is 0.170. The van der Waals surface area contributed by atoms with Gasteiger partial charge >= 0.3 is 0 Å². The lowest BCUT2D eigenvalue weighted by molar-refractivity contribution is 0.275. The van der Waals surface area contributed by atoms with E-state index in [4.69, 9.17) is 15.0 Å². The quantitative estimate of drug-likeness (QED) is 0.635. The molecule has 0 aromatic carbocycles. The molecule has 1 aliphatic rings. The van der Waals surface area contributed by atoms with E-state index in [9.17, 15) is 8.42 Å². The van der Waals surface area contributed by atoms with E-state index in [2.05, 4.69) is 0 Å². The molecule has 1 rings (SSSR count). The average Bonchev–Trinajstić information content (AvgIpc) is 2.03. The second-order valence-corrected chi connectivity index (χ2v) is 4.07. The first kappa shape index (κ1) is 10.1. The molecule has 0 saturated carbocycles. The number of ether oxygens (including phenoxy) is 1. The highest BCUT2D eigenvalue weighted by molar-refractivity contribution is 7.90. The lowest BCUT2D eigenvalue weighted by Crippen LogP contribution is -2.14. The molecule has 0 aromatic heterocycles. The first-order valence-corrected chi connectivity index (χ1v) is 5.10. The van der Waals surface area contributed by atoms with Gasteiger partial charge in [0.15, 0.2) is 0 Å². The van der Waals surface area contributed by atoms with E-state index >= 15 is 0 Å². The molecule has 0 fully saturated rings. The van der Waals surface area contributed by atoms with Crippen molar-refractivity contribution in [2.75, 3.05) is 7.11 Å². The summed E-state index contributed by atoms with van der Waals surface area (Å²) in [6.45, 7) is 0. The molecule has 0 bridgehead atoms. The van der Waals surface area contributed by atoms with Crippen LogP contribution in [0, 0.1) is 0 Å². The number of hydrogen-bond acceptors (Lipinski definition) is 4. The van der Waals surface area contributed by atoms with Crippen LogP contribution in [0.1, 0.15) is 12.8 Å². The van der Waals surface area contributed by atoms with Gasteiger partial charge in [0.2, 0.25) is 0 Å². The molecule has 5 nitrogen and oxygen atoms in total. The van der Waals surface area contributed by atoms with Gasteiger partial charge in [0.25, 0.3) is 10.1 Å². The number of rotatable bonds is 2. The second kappa shape index (κ2) is 3.39. The van der Waals surface area contributed by atoms with Crippen molar-refractivity contribution in [1.29, 1.82) is 0 Å². The van der Waals surface area contributed by atoms with Crippen molar-refractivity contribution >= 4 is 10.1 Å². The van der Waals surface area contributed by atoms with Gasteiger partial charge in [0, 0.05) is 12.1 Å².